The number of rotatable bonds is 28. The Hall–Kier alpha value is -0.810. The Morgan fingerprint density at radius 2 is 0.949 bits per heavy atom. The van der Waals surface area contributed by atoms with Gasteiger partial charge in [-0.3, -0.25) is 9.59 Å². The minimum absolute atomic E-state index is 0. The first-order chi connectivity index (χ1) is 18.3. The Labute approximate surface area is 249 Å². The van der Waals surface area contributed by atoms with Crippen molar-refractivity contribution in [2.24, 2.45) is 0 Å². The van der Waals surface area contributed by atoms with E-state index < -0.39 is 6.10 Å². The van der Waals surface area contributed by atoms with Crippen molar-refractivity contribution in [3.63, 3.8) is 0 Å². The van der Waals surface area contributed by atoms with Gasteiger partial charge < -0.3 is 26.4 Å². The van der Waals surface area contributed by atoms with Crippen molar-refractivity contribution in [3.05, 3.63) is 0 Å². The molecular formula is C33H66ClNO4. The van der Waals surface area contributed by atoms with Crippen LogP contribution in [-0.4, -0.2) is 56.8 Å². The quantitative estimate of drug-likeness (QED) is 0.0636. The number of hydrogen-bond acceptors (Lipinski definition) is 4. The zero-order chi connectivity index (χ0) is 28.3. The summed E-state index contributed by atoms with van der Waals surface area (Å²) < 4.78 is 11.9. The number of ether oxygens (including phenoxy) is 2. The third-order valence-corrected chi connectivity index (χ3v) is 7.19. The molecular weight excluding hydrogens is 510 g/mol. The highest BCUT2D eigenvalue weighted by atomic mass is 35.5. The van der Waals surface area contributed by atoms with E-state index in [1.165, 1.54) is 109 Å². The molecule has 0 aliphatic carbocycles. The lowest BCUT2D eigenvalue weighted by molar-refractivity contribution is -0.873. The van der Waals surface area contributed by atoms with E-state index in [-0.39, 0.29) is 30.8 Å². The molecule has 0 spiro atoms. The van der Waals surface area contributed by atoms with Crippen LogP contribution in [0, 0.1) is 0 Å². The van der Waals surface area contributed by atoms with E-state index in [9.17, 15) is 9.59 Å². The molecule has 1 unspecified atom stereocenters. The Morgan fingerprint density at radius 3 is 1.36 bits per heavy atom. The number of unbranched alkanes of at least 4 members (excludes halogenated alkanes) is 19. The number of carbonyl (C=O) groups excluding carboxylic acids is 2. The normalized spacial score (nSPS) is 12.1. The maximum atomic E-state index is 12.4. The summed E-state index contributed by atoms with van der Waals surface area (Å²) in [7, 11) is 6.17. The Bertz CT molecular complexity index is 550. The Kier molecular flexibility index (Phi) is 29.7. The van der Waals surface area contributed by atoms with Crippen LogP contribution in [0.4, 0.5) is 0 Å². The van der Waals surface area contributed by atoms with Gasteiger partial charge in [-0.1, -0.05) is 136 Å². The summed E-state index contributed by atoms with van der Waals surface area (Å²) in [5.74, 6) is -0.427. The molecule has 1 atom stereocenters. The van der Waals surface area contributed by atoms with Crippen LogP contribution in [0.15, 0.2) is 0 Å². The van der Waals surface area contributed by atoms with Gasteiger partial charge in [0.15, 0.2) is 6.10 Å². The molecule has 0 aromatic rings. The highest BCUT2D eigenvalue weighted by Crippen LogP contribution is 2.14. The smallest absolute Gasteiger partial charge is 0.309 e. The van der Waals surface area contributed by atoms with Crippen molar-refractivity contribution < 1.29 is 36.0 Å². The van der Waals surface area contributed by atoms with Gasteiger partial charge in [0.25, 0.3) is 0 Å². The summed E-state index contributed by atoms with van der Waals surface area (Å²) in [5, 5.41) is 0. The lowest BCUT2D eigenvalue weighted by Gasteiger charge is -2.28. The fraction of sp³-hybridized carbons (Fsp3) is 0.939. The molecule has 0 aromatic carbocycles. The molecule has 0 saturated carbocycles. The fourth-order valence-corrected chi connectivity index (χ4v) is 4.95. The molecule has 0 aliphatic heterocycles. The lowest BCUT2D eigenvalue weighted by Crippen LogP contribution is -3.00. The third-order valence-electron chi connectivity index (χ3n) is 7.19. The molecule has 0 rings (SSSR count). The number of carbonyl (C=O) groups is 2. The molecule has 0 heterocycles. The highest BCUT2D eigenvalue weighted by molar-refractivity contribution is 5.72. The second-order valence-corrected chi connectivity index (χ2v) is 12.5. The van der Waals surface area contributed by atoms with Crippen molar-refractivity contribution in [1.82, 2.24) is 0 Å². The van der Waals surface area contributed by atoms with Crippen LogP contribution in [0.3, 0.4) is 0 Å². The number of esters is 2. The lowest BCUT2D eigenvalue weighted by atomic mass is 10.1. The molecule has 5 nitrogen and oxygen atoms in total. The summed E-state index contributed by atoms with van der Waals surface area (Å²) in [6.45, 7) is 5.59. The van der Waals surface area contributed by atoms with Gasteiger partial charge in [0.1, 0.15) is 6.54 Å². The van der Waals surface area contributed by atoms with Crippen LogP contribution in [0.25, 0.3) is 0 Å². The van der Waals surface area contributed by atoms with Gasteiger partial charge in [-0.2, -0.15) is 0 Å². The summed E-state index contributed by atoms with van der Waals surface area (Å²) in [6, 6.07) is 0. The van der Waals surface area contributed by atoms with Gasteiger partial charge in [-0.05, 0) is 12.8 Å². The maximum absolute atomic E-state index is 12.4. The summed E-state index contributed by atoms with van der Waals surface area (Å²) in [6.07, 6.45) is 26.6. The van der Waals surface area contributed by atoms with E-state index in [0.717, 1.165) is 25.7 Å². The van der Waals surface area contributed by atoms with Gasteiger partial charge >= 0.3 is 11.9 Å². The standard InChI is InChI=1S/C33H66NO4.ClH/c1-6-8-10-12-14-16-18-20-22-24-26-28-37-33(36)29-31(30-34(3,4)5)38-32(35)27-25-23-21-19-17-15-13-11-9-7-2;/h31H,6-30H2,1-5H3;1H/q+1;/p-1. The molecule has 0 aromatic heterocycles. The molecule has 0 bridgehead atoms. The fourth-order valence-electron chi connectivity index (χ4n) is 4.95. The second-order valence-electron chi connectivity index (χ2n) is 12.5. The van der Waals surface area contributed by atoms with Crippen LogP contribution in [0.1, 0.15) is 162 Å². The Morgan fingerprint density at radius 1 is 0.564 bits per heavy atom. The number of halogens is 1. The third kappa shape index (κ3) is 31.6. The van der Waals surface area contributed by atoms with E-state index in [1.54, 1.807) is 0 Å². The highest BCUT2D eigenvalue weighted by Gasteiger charge is 2.25. The van der Waals surface area contributed by atoms with Crippen LogP contribution < -0.4 is 12.4 Å². The minimum Gasteiger partial charge on any atom is -1.00 e. The topological polar surface area (TPSA) is 52.6 Å². The minimum atomic E-state index is -0.421. The number of hydrogen-bond donors (Lipinski definition) is 0. The van der Waals surface area contributed by atoms with E-state index in [1.807, 2.05) is 0 Å². The van der Waals surface area contributed by atoms with E-state index >= 15 is 0 Å². The van der Waals surface area contributed by atoms with Gasteiger partial charge in [-0.15, -0.1) is 0 Å². The molecule has 0 amide bonds. The van der Waals surface area contributed by atoms with Gasteiger partial charge in [0.05, 0.1) is 34.2 Å². The Balaban J connectivity index is 0. The molecule has 0 fully saturated rings. The average Bonchev–Trinajstić information content (AvgIpc) is 2.84. The summed E-state index contributed by atoms with van der Waals surface area (Å²) >= 11 is 0. The average molecular weight is 576 g/mol. The molecule has 0 aliphatic rings. The number of nitrogens with zero attached hydrogens (tertiary/aromatic N) is 1. The van der Waals surface area contributed by atoms with Crippen LogP contribution in [0.5, 0.6) is 0 Å². The SMILES string of the molecule is CCCCCCCCCCCCCOC(=O)CC(C[N+](C)(C)C)OC(=O)CCCCCCCCCCCC.[Cl-]. The summed E-state index contributed by atoms with van der Waals surface area (Å²) in [5.41, 5.74) is 0. The van der Waals surface area contributed by atoms with E-state index in [0.29, 0.717) is 24.1 Å². The molecule has 0 radical (unpaired) electrons. The molecule has 0 saturated heterocycles. The van der Waals surface area contributed by atoms with Crippen molar-refractivity contribution in [3.8, 4) is 0 Å². The first kappa shape index (κ1) is 40.3. The molecule has 39 heavy (non-hydrogen) atoms. The monoisotopic (exact) mass is 575 g/mol. The zero-order valence-electron chi connectivity index (χ0n) is 26.7. The first-order valence-corrected chi connectivity index (χ1v) is 16.4. The van der Waals surface area contributed by atoms with Crippen molar-refractivity contribution >= 4 is 11.9 Å². The van der Waals surface area contributed by atoms with Gasteiger partial charge in [-0.25, -0.2) is 0 Å². The molecule has 0 N–H and O–H groups in total. The van der Waals surface area contributed by atoms with E-state index in [4.69, 9.17) is 9.47 Å². The van der Waals surface area contributed by atoms with Crippen molar-refractivity contribution in [2.75, 3.05) is 34.3 Å². The number of likely N-dealkylation sites (N-methyl/N-ethyl adjacent to an activating group) is 1. The molecule has 6 heteroatoms. The van der Waals surface area contributed by atoms with Crippen molar-refractivity contribution in [1.29, 1.82) is 0 Å². The van der Waals surface area contributed by atoms with Crippen LogP contribution in [-0.2, 0) is 19.1 Å². The predicted octanol–water partition coefficient (Wildman–Crippen LogP) is 6.16. The first-order valence-electron chi connectivity index (χ1n) is 16.4. The zero-order valence-corrected chi connectivity index (χ0v) is 27.5. The number of quaternary nitrogens is 1. The predicted molar refractivity (Wildman–Crippen MR) is 161 cm³/mol. The maximum Gasteiger partial charge on any atom is 0.309 e. The van der Waals surface area contributed by atoms with E-state index in [2.05, 4.69) is 35.0 Å². The van der Waals surface area contributed by atoms with Crippen LogP contribution in [0.2, 0.25) is 0 Å². The van der Waals surface area contributed by atoms with Crippen LogP contribution >= 0.6 is 0 Å². The molecule has 234 valence electrons. The summed E-state index contributed by atoms with van der Waals surface area (Å²) in [4.78, 5) is 24.9. The van der Waals surface area contributed by atoms with Crippen molar-refractivity contribution in [2.45, 2.75) is 168 Å². The van der Waals surface area contributed by atoms with Gasteiger partial charge in [0, 0.05) is 6.42 Å². The second kappa shape index (κ2) is 28.7. The van der Waals surface area contributed by atoms with Gasteiger partial charge in [0.2, 0.25) is 0 Å². The largest absolute Gasteiger partial charge is 1.00 e.